The molecule has 16 heavy (non-hydrogen) atoms. The molecular weight excluding hydrogens is 204 g/mol. The van der Waals surface area contributed by atoms with E-state index in [2.05, 4.69) is 25.8 Å². The predicted octanol–water partition coefficient (Wildman–Crippen LogP) is 0.269. The van der Waals surface area contributed by atoms with Gasteiger partial charge in [0.25, 0.3) is 0 Å². The minimum absolute atomic E-state index is 0.375. The number of aromatic nitrogens is 5. The second-order valence-electron chi connectivity index (χ2n) is 3.82. The van der Waals surface area contributed by atoms with Gasteiger partial charge in [-0.15, -0.1) is 10.2 Å². The summed E-state index contributed by atoms with van der Waals surface area (Å²) in [7, 11) is 0. The van der Waals surface area contributed by atoms with Crippen LogP contribution in [-0.2, 0) is 0 Å². The Morgan fingerprint density at radius 2 is 2.38 bits per heavy atom. The smallest absolute Gasteiger partial charge is 0.113 e. The number of hydrogen-bond acceptors (Lipinski definition) is 5. The molecule has 0 bridgehead atoms. The van der Waals surface area contributed by atoms with Crippen molar-refractivity contribution in [3.05, 3.63) is 24.5 Å². The Morgan fingerprint density at radius 3 is 3.12 bits per heavy atom. The van der Waals surface area contributed by atoms with E-state index in [-0.39, 0.29) is 0 Å². The molecule has 0 amide bonds. The summed E-state index contributed by atoms with van der Waals surface area (Å²) in [6.07, 6.45) is 4.48. The molecule has 6 nitrogen and oxygen atoms in total. The highest BCUT2D eigenvalue weighted by Crippen LogP contribution is 2.21. The van der Waals surface area contributed by atoms with Gasteiger partial charge in [0.2, 0.25) is 0 Å². The molecule has 82 valence electrons. The van der Waals surface area contributed by atoms with Crippen molar-refractivity contribution in [2.75, 3.05) is 13.1 Å². The van der Waals surface area contributed by atoms with Gasteiger partial charge in [0.15, 0.2) is 0 Å². The topological polar surface area (TPSA) is 68.5 Å². The summed E-state index contributed by atoms with van der Waals surface area (Å²) in [6, 6.07) is 4.16. The molecule has 1 fully saturated rings. The largest absolute Gasteiger partial charge is 0.315 e. The molecule has 2 aromatic rings. The SMILES string of the molecule is c1cnnc(-c2cnnn2C2CCNC2)c1. The third-order valence-electron chi connectivity index (χ3n) is 2.79. The Hall–Kier alpha value is -1.82. The van der Waals surface area contributed by atoms with Crippen LogP contribution in [0.15, 0.2) is 24.5 Å². The van der Waals surface area contributed by atoms with E-state index in [9.17, 15) is 0 Å². The molecular formula is C10H12N6. The lowest BCUT2D eigenvalue weighted by molar-refractivity contribution is 0.480. The van der Waals surface area contributed by atoms with E-state index in [4.69, 9.17) is 0 Å². The monoisotopic (exact) mass is 216 g/mol. The van der Waals surface area contributed by atoms with Gasteiger partial charge in [0.05, 0.1) is 12.2 Å². The fraction of sp³-hybridized carbons (Fsp3) is 0.400. The molecule has 0 radical (unpaired) electrons. The molecule has 0 spiro atoms. The normalized spacial score (nSPS) is 20.1. The lowest BCUT2D eigenvalue weighted by Gasteiger charge is -2.11. The first-order valence-electron chi connectivity index (χ1n) is 5.34. The average molecular weight is 216 g/mol. The van der Waals surface area contributed by atoms with Gasteiger partial charge in [-0.25, -0.2) is 4.68 Å². The number of nitrogens with one attached hydrogen (secondary N) is 1. The molecule has 1 unspecified atom stereocenters. The second kappa shape index (κ2) is 3.97. The standard InChI is InChI=1S/C10H12N6/c1-2-9(14-12-4-1)10-7-13-15-16(10)8-3-5-11-6-8/h1-2,4,7-8,11H,3,5-6H2. The van der Waals surface area contributed by atoms with Gasteiger partial charge in [0.1, 0.15) is 11.4 Å². The maximum Gasteiger partial charge on any atom is 0.113 e. The lowest BCUT2D eigenvalue weighted by atomic mass is 10.2. The first kappa shape index (κ1) is 9.41. The minimum atomic E-state index is 0.375. The molecule has 0 aromatic carbocycles. The third-order valence-corrected chi connectivity index (χ3v) is 2.79. The molecule has 2 aromatic heterocycles. The summed E-state index contributed by atoms with van der Waals surface area (Å²) < 4.78 is 1.93. The van der Waals surface area contributed by atoms with Gasteiger partial charge in [-0.05, 0) is 25.1 Å². The van der Waals surface area contributed by atoms with Crippen molar-refractivity contribution in [2.45, 2.75) is 12.5 Å². The van der Waals surface area contributed by atoms with Crippen LogP contribution < -0.4 is 5.32 Å². The Bertz CT molecular complexity index is 459. The maximum absolute atomic E-state index is 4.13. The molecule has 1 aliphatic rings. The van der Waals surface area contributed by atoms with Gasteiger partial charge in [-0.3, -0.25) is 0 Å². The number of rotatable bonds is 2. The fourth-order valence-corrected chi connectivity index (χ4v) is 1.98. The third kappa shape index (κ3) is 1.57. The summed E-state index contributed by atoms with van der Waals surface area (Å²) in [5, 5.41) is 19.4. The van der Waals surface area contributed by atoms with Crippen LogP contribution in [-0.4, -0.2) is 38.3 Å². The molecule has 1 saturated heterocycles. The number of hydrogen-bond donors (Lipinski definition) is 1. The zero-order valence-electron chi connectivity index (χ0n) is 8.74. The summed E-state index contributed by atoms with van der Waals surface area (Å²) in [5.74, 6) is 0. The predicted molar refractivity (Wildman–Crippen MR) is 57.6 cm³/mol. The van der Waals surface area contributed by atoms with Crippen molar-refractivity contribution in [2.24, 2.45) is 0 Å². The Labute approximate surface area is 92.7 Å². The van der Waals surface area contributed by atoms with Crippen LogP contribution in [0.3, 0.4) is 0 Å². The highest BCUT2D eigenvalue weighted by atomic mass is 15.4. The Kier molecular flexibility index (Phi) is 2.34. The van der Waals surface area contributed by atoms with Gasteiger partial charge in [-0.2, -0.15) is 5.10 Å². The van der Waals surface area contributed by atoms with Crippen LogP contribution in [0.5, 0.6) is 0 Å². The molecule has 1 aliphatic heterocycles. The summed E-state index contributed by atoms with van der Waals surface area (Å²) in [5.41, 5.74) is 1.75. The van der Waals surface area contributed by atoms with Crippen LogP contribution in [0, 0.1) is 0 Å². The lowest BCUT2D eigenvalue weighted by Crippen LogP contribution is -2.15. The van der Waals surface area contributed by atoms with Crippen LogP contribution in [0.1, 0.15) is 12.5 Å². The van der Waals surface area contributed by atoms with E-state index < -0.39 is 0 Å². The van der Waals surface area contributed by atoms with Crippen molar-refractivity contribution in [3.63, 3.8) is 0 Å². The van der Waals surface area contributed by atoms with Gasteiger partial charge >= 0.3 is 0 Å². The van der Waals surface area contributed by atoms with E-state index in [1.165, 1.54) is 0 Å². The van der Waals surface area contributed by atoms with Crippen molar-refractivity contribution >= 4 is 0 Å². The van der Waals surface area contributed by atoms with E-state index >= 15 is 0 Å². The summed E-state index contributed by atoms with van der Waals surface area (Å²) in [4.78, 5) is 0. The van der Waals surface area contributed by atoms with Gasteiger partial charge in [0, 0.05) is 12.7 Å². The van der Waals surface area contributed by atoms with E-state index in [0.717, 1.165) is 30.9 Å². The van der Waals surface area contributed by atoms with Gasteiger partial charge < -0.3 is 5.32 Å². The van der Waals surface area contributed by atoms with Crippen LogP contribution in [0.25, 0.3) is 11.4 Å². The van der Waals surface area contributed by atoms with Crippen molar-refractivity contribution < 1.29 is 0 Å². The van der Waals surface area contributed by atoms with Crippen LogP contribution >= 0.6 is 0 Å². The van der Waals surface area contributed by atoms with E-state index in [1.807, 2.05) is 16.8 Å². The maximum atomic E-state index is 4.13. The van der Waals surface area contributed by atoms with E-state index in [0.29, 0.717) is 6.04 Å². The second-order valence-corrected chi connectivity index (χ2v) is 3.82. The zero-order valence-corrected chi connectivity index (χ0v) is 8.74. The Balaban J connectivity index is 1.99. The van der Waals surface area contributed by atoms with Crippen molar-refractivity contribution in [3.8, 4) is 11.4 Å². The van der Waals surface area contributed by atoms with E-state index in [1.54, 1.807) is 12.4 Å². The molecule has 3 rings (SSSR count). The number of nitrogens with zero attached hydrogens (tertiary/aromatic N) is 5. The highest BCUT2D eigenvalue weighted by Gasteiger charge is 2.21. The summed E-state index contributed by atoms with van der Waals surface area (Å²) in [6.45, 7) is 1.97. The van der Waals surface area contributed by atoms with Gasteiger partial charge in [-0.1, -0.05) is 5.21 Å². The first-order valence-corrected chi connectivity index (χ1v) is 5.34. The minimum Gasteiger partial charge on any atom is -0.315 e. The summed E-state index contributed by atoms with van der Waals surface area (Å²) >= 11 is 0. The quantitative estimate of drug-likeness (QED) is 0.780. The molecule has 6 heteroatoms. The molecule has 1 atom stereocenters. The van der Waals surface area contributed by atoms with Crippen LogP contribution in [0.2, 0.25) is 0 Å². The zero-order chi connectivity index (χ0) is 10.8. The average Bonchev–Trinajstić information content (AvgIpc) is 3.01. The Morgan fingerprint density at radius 1 is 1.38 bits per heavy atom. The fourth-order valence-electron chi connectivity index (χ4n) is 1.98. The molecule has 3 heterocycles. The first-order chi connectivity index (χ1) is 7.95. The van der Waals surface area contributed by atoms with Crippen LogP contribution in [0.4, 0.5) is 0 Å². The molecule has 1 N–H and O–H groups in total. The van der Waals surface area contributed by atoms with Crippen molar-refractivity contribution in [1.29, 1.82) is 0 Å². The van der Waals surface area contributed by atoms with Crippen molar-refractivity contribution in [1.82, 2.24) is 30.5 Å². The molecule has 0 aliphatic carbocycles. The highest BCUT2D eigenvalue weighted by molar-refractivity contribution is 5.51. The molecule has 0 saturated carbocycles.